The van der Waals surface area contributed by atoms with E-state index >= 15 is 0 Å². The first-order chi connectivity index (χ1) is 13.3. The third-order valence-corrected chi connectivity index (χ3v) is 7.38. The highest BCUT2D eigenvalue weighted by atomic mass is 32.2. The first-order valence-electron chi connectivity index (χ1n) is 9.31. The maximum atomic E-state index is 13.3. The number of benzene rings is 2. The first kappa shape index (κ1) is 20.9. The van der Waals surface area contributed by atoms with Gasteiger partial charge in [-0.15, -0.1) is 11.8 Å². The van der Waals surface area contributed by atoms with Crippen LogP contribution < -0.4 is 5.32 Å². The average Bonchev–Trinajstić information content (AvgIpc) is 3.19. The Labute approximate surface area is 169 Å². The topological polar surface area (TPSA) is 63.2 Å². The molecule has 150 valence electrons. The third kappa shape index (κ3) is 5.35. The van der Waals surface area contributed by atoms with Crippen LogP contribution in [-0.4, -0.2) is 26.3 Å². The highest BCUT2D eigenvalue weighted by Crippen LogP contribution is 2.36. The van der Waals surface area contributed by atoms with Gasteiger partial charge in [0.15, 0.2) is 9.84 Å². The Balaban J connectivity index is 1.70. The number of amides is 1. The minimum Gasteiger partial charge on any atom is -0.348 e. The molecular formula is C21H24FNO3S2. The quantitative estimate of drug-likeness (QED) is 0.675. The number of carbonyl (C=O) groups is 1. The second-order valence-corrected chi connectivity index (χ2v) is 10.2. The monoisotopic (exact) mass is 421 g/mol. The van der Waals surface area contributed by atoms with Gasteiger partial charge in [0.2, 0.25) is 5.91 Å². The third-order valence-electron chi connectivity index (χ3n) is 5.02. The van der Waals surface area contributed by atoms with Gasteiger partial charge in [-0.2, -0.15) is 0 Å². The van der Waals surface area contributed by atoms with Crippen molar-refractivity contribution >= 4 is 27.5 Å². The zero-order valence-corrected chi connectivity index (χ0v) is 17.4. The zero-order valence-electron chi connectivity index (χ0n) is 15.7. The Morgan fingerprint density at radius 2 is 1.79 bits per heavy atom. The number of carbonyl (C=O) groups excluding carboxylic acids is 1. The van der Waals surface area contributed by atoms with Crippen LogP contribution in [0.4, 0.5) is 4.39 Å². The van der Waals surface area contributed by atoms with Crippen LogP contribution in [0.25, 0.3) is 0 Å². The molecule has 1 fully saturated rings. The fourth-order valence-corrected chi connectivity index (χ4v) is 5.81. The molecule has 4 nitrogen and oxygen atoms in total. The minimum atomic E-state index is -3.35. The summed E-state index contributed by atoms with van der Waals surface area (Å²) < 4.78 is 37.1. The van der Waals surface area contributed by atoms with Crippen LogP contribution in [0, 0.1) is 11.7 Å². The van der Waals surface area contributed by atoms with Crippen molar-refractivity contribution in [3.8, 4) is 0 Å². The molecule has 1 unspecified atom stereocenters. The first-order valence-corrected chi connectivity index (χ1v) is 12.2. The Morgan fingerprint density at radius 1 is 1.14 bits per heavy atom. The van der Waals surface area contributed by atoms with Gasteiger partial charge in [0.1, 0.15) is 5.82 Å². The van der Waals surface area contributed by atoms with Crippen molar-refractivity contribution < 1.29 is 17.6 Å². The lowest BCUT2D eigenvalue weighted by Gasteiger charge is -2.25. The molecule has 3 rings (SSSR count). The van der Waals surface area contributed by atoms with E-state index in [-0.39, 0.29) is 28.4 Å². The SMILES string of the molecule is CS(=O)(=O)c1ccccc1SCC(=O)NC(c1ccc(F)cc1)C1CCCC1. The number of hydrogen-bond donors (Lipinski definition) is 1. The van der Waals surface area contributed by atoms with Crippen LogP contribution in [-0.2, 0) is 14.6 Å². The van der Waals surface area contributed by atoms with E-state index in [9.17, 15) is 17.6 Å². The van der Waals surface area contributed by atoms with Crippen LogP contribution in [0.1, 0.15) is 37.3 Å². The van der Waals surface area contributed by atoms with Crippen molar-refractivity contribution in [2.24, 2.45) is 5.92 Å². The molecule has 0 aromatic heterocycles. The summed E-state index contributed by atoms with van der Waals surface area (Å²) in [6.07, 6.45) is 5.50. The summed E-state index contributed by atoms with van der Waals surface area (Å²) in [7, 11) is -3.35. The molecule has 0 aliphatic heterocycles. The van der Waals surface area contributed by atoms with Gasteiger partial charge >= 0.3 is 0 Å². The summed E-state index contributed by atoms with van der Waals surface area (Å²) in [4.78, 5) is 13.4. The molecule has 1 aliphatic rings. The van der Waals surface area contributed by atoms with Gasteiger partial charge in [0, 0.05) is 11.2 Å². The van der Waals surface area contributed by atoms with Crippen molar-refractivity contribution in [2.75, 3.05) is 12.0 Å². The maximum absolute atomic E-state index is 13.3. The molecule has 0 bridgehead atoms. The summed E-state index contributed by atoms with van der Waals surface area (Å²) in [5.74, 6) is 0.00200. The molecule has 0 heterocycles. The number of sulfone groups is 1. The Morgan fingerprint density at radius 3 is 2.43 bits per heavy atom. The molecule has 28 heavy (non-hydrogen) atoms. The summed E-state index contributed by atoms with van der Waals surface area (Å²) in [6, 6.07) is 12.8. The number of nitrogens with one attached hydrogen (secondary N) is 1. The smallest absolute Gasteiger partial charge is 0.230 e. The number of hydrogen-bond acceptors (Lipinski definition) is 4. The van der Waals surface area contributed by atoms with Crippen molar-refractivity contribution in [3.05, 3.63) is 59.9 Å². The normalized spacial score (nSPS) is 16.1. The van der Waals surface area contributed by atoms with Crippen molar-refractivity contribution in [2.45, 2.75) is 41.5 Å². The predicted octanol–water partition coefficient (Wildman–Crippen LogP) is 4.37. The molecule has 1 amide bonds. The summed E-state index contributed by atoms with van der Waals surface area (Å²) in [6.45, 7) is 0. The van der Waals surface area contributed by atoms with Gasteiger partial charge in [-0.05, 0) is 48.6 Å². The highest BCUT2D eigenvalue weighted by molar-refractivity contribution is 8.00. The van der Waals surface area contributed by atoms with E-state index in [1.54, 1.807) is 36.4 Å². The maximum Gasteiger partial charge on any atom is 0.230 e. The molecular weight excluding hydrogens is 397 g/mol. The molecule has 1 atom stereocenters. The van der Waals surface area contributed by atoms with Crippen LogP contribution in [0.3, 0.4) is 0 Å². The van der Waals surface area contributed by atoms with Gasteiger partial charge in [-0.1, -0.05) is 37.1 Å². The van der Waals surface area contributed by atoms with Crippen LogP contribution in [0.5, 0.6) is 0 Å². The fraction of sp³-hybridized carbons (Fsp3) is 0.381. The van der Waals surface area contributed by atoms with Crippen LogP contribution in [0.2, 0.25) is 0 Å². The van der Waals surface area contributed by atoms with Gasteiger partial charge in [-0.3, -0.25) is 4.79 Å². The summed E-state index contributed by atoms with van der Waals surface area (Å²) in [5.41, 5.74) is 0.906. The lowest BCUT2D eigenvalue weighted by atomic mass is 9.91. The molecule has 1 saturated carbocycles. The Kier molecular flexibility index (Phi) is 6.78. The van der Waals surface area contributed by atoms with Gasteiger partial charge < -0.3 is 5.32 Å². The average molecular weight is 422 g/mol. The van der Waals surface area contributed by atoms with E-state index in [0.29, 0.717) is 10.8 Å². The van der Waals surface area contributed by atoms with Gasteiger partial charge in [-0.25, -0.2) is 12.8 Å². The van der Waals surface area contributed by atoms with E-state index in [2.05, 4.69) is 5.32 Å². The van der Waals surface area contributed by atoms with E-state index in [1.807, 2.05) is 0 Å². The van der Waals surface area contributed by atoms with Gasteiger partial charge in [0.25, 0.3) is 0 Å². The van der Waals surface area contributed by atoms with E-state index < -0.39 is 9.84 Å². The van der Waals surface area contributed by atoms with Crippen molar-refractivity contribution in [1.29, 1.82) is 0 Å². The molecule has 1 N–H and O–H groups in total. The van der Waals surface area contributed by atoms with Crippen molar-refractivity contribution in [3.63, 3.8) is 0 Å². The van der Waals surface area contributed by atoms with Crippen LogP contribution >= 0.6 is 11.8 Å². The number of rotatable bonds is 7. The fourth-order valence-electron chi connectivity index (χ4n) is 3.67. The molecule has 0 saturated heterocycles. The molecule has 2 aromatic rings. The molecule has 0 spiro atoms. The largest absolute Gasteiger partial charge is 0.348 e. The minimum absolute atomic E-state index is 0.122. The second-order valence-electron chi connectivity index (χ2n) is 7.15. The van der Waals surface area contributed by atoms with E-state index in [0.717, 1.165) is 37.5 Å². The van der Waals surface area contributed by atoms with E-state index in [4.69, 9.17) is 0 Å². The molecule has 0 radical (unpaired) electrons. The molecule has 1 aliphatic carbocycles. The Bertz CT molecular complexity index is 923. The van der Waals surface area contributed by atoms with Crippen LogP contribution in [0.15, 0.2) is 58.3 Å². The predicted molar refractivity (Wildman–Crippen MR) is 110 cm³/mol. The zero-order chi connectivity index (χ0) is 20.1. The van der Waals surface area contributed by atoms with Gasteiger partial charge in [0.05, 0.1) is 16.7 Å². The lowest BCUT2D eigenvalue weighted by molar-refractivity contribution is -0.119. The lowest BCUT2D eigenvalue weighted by Crippen LogP contribution is -2.34. The summed E-state index contributed by atoms with van der Waals surface area (Å²) >= 11 is 1.21. The standard InChI is InChI=1S/C21H24FNO3S2/c1-28(25,26)19-9-5-4-8-18(19)27-14-20(24)23-21(15-6-2-3-7-15)16-10-12-17(22)13-11-16/h4-5,8-13,15,21H,2-3,6-7,14H2,1H3,(H,23,24). The number of halogens is 1. The van der Waals surface area contributed by atoms with Crippen molar-refractivity contribution in [1.82, 2.24) is 5.32 Å². The Hall–Kier alpha value is -1.86. The summed E-state index contributed by atoms with van der Waals surface area (Å²) in [5, 5.41) is 3.09. The number of thioether (sulfide) groups is 1. The van der Waals surface area contributed by atoms with E-state index in [1.165, 1.54) is 23.9 Å². The highest BCUT2D eigenvalue weighted by Gasteiger charge is 2.28. The molecule has 7 heteroatoms. The molecule has 2 aromatic carbocycles. The second kappa shape index (κ2) is 9.09.